The van der Waals surface area contributed by atoms with Gasteiger partial charge in [0.25, 0.3) is 0 Å². The lowest BCUT2D eigenvalue weighted by molar-refractivity contribution is -0.139. The zero-order chi connectivity index (χ0) is 13.1. The molecule has 1 aromatic rings. The molecule has 0 N–H and O–H groups in total. The van der Waals surface area contributed by atoms with Crippen molar-refractivity contribution in [3.63, 3.8) is 0 Å². The molecule has 0 radical (unpaired) electrons. The first-order valence-electron chi connectivity index (χ1n) is 6.38. The van der Waals surface area contributed by atoms with E-state index in [0.29, 0.717) is 32.6 Å². The van der Waals surface area contributed by atoms with Crippen LogP contribution in [0.25, 0.3) is 0 Å². The van der Waals surface area contributed by atoms with Gasteiger partial charge in [0.15, 0.2) is 0 Å². The van der Waals surface area contributed by atoms with Crippen LogP contribution in [0.4, 0.5) is 0 Å². The molecular formula is C13H20N2O3. The molecule has 100 valence electrons. The number of aromatic nitrogens is 1. The maximum Gasteiger partial charge on any atom is 0.223 e. The number of amides is 1. The Labute approximate surface area is 107 Å². The largest absolute Gasteiger partial charge is 0.377 e. The fourth-order valence-corrected chi connectivity index (χ4v) is 2.33. The number of hydrogen-bond acceptors (Lipinski definition) is 4. The van der Waals surface area contributed by atoms with E-state index in [-0.39, 0.29) is 11.9 Å². The highest BCUT2D eigenvalue weighted by Gasteiger charge is 2.23. The first-order chi connectivity index (χ1) is 8.59. The molecule has 1 amide bonds. The van der Waals surface area contributed by atoms with Gasteiger partial charge in [0.1, 0.15) is 5.76 Å². The molecule has 1 saturated heterocycles. The minimum atomic E-state index is 0.177. The van der Waals surface area contributed by atoms with Crippen LogP contribution in [0.3, 0.4) is 0 Å². The number of nitrogens with zero attached hydrogens (tertiary/aromatic N) is 2. The Kier molecular flexibility index (Phi) is 4.01. The third kappa shape index (κ3) is 2.72. The van der Waals surface area contributed by atoms with Crippen LogP contribution in [-0.2, 0) is 16.0 Å². The average Bonchev–Trinajstić information content (AvgIpc) is 2.67. The van der Waals surface area contributed by atoms with Crippen LogP contribution in [0.1, 0.15) is 30.4 Å². The monoisotopic (exact) mass is 252 g/mol. The van der Waals surface area contributed by atoms with Gasteiger partial charge in [-0.25, -0.2) is 0 Å². The summed E-state index contributed by atoms with van der Waals surface area (Å²) in [4.78, 5) is 14.1. The standard InChI is InChI=1S/C13H20N2O3/c1-9-8-17-7-6-15(9)13(16)5-4-12-10(2)14-18-11(12)3/h9H,4-8H2,1-3H3. The number of carbonyl (C=O) groups is 1. The highest BCUT2D eigenvalue weighted by Crippen LogP contribution is 2.16. The molecule has 18 heavy (non-hydrogen) atoms. The second kappa shape index (κ2) is 5.52. The highest BCUT2D eigenvalue weighted by atomic mass is 16.5. The van der Waals surface area contributed by atoms with Crippen molar-refractivity contribution >= 4 is 5.91 Å². The van der Waals surface area contributed by atoms with E-state index in [4.69, 9.17) is 9.26 Å². The van der Waals surface area contributed by atoms with Gasteiger partial charge in [0.05, 0.1) is 24.9 Å². The average molecular weight is 252 g/mol. The Morgan fingerprint density at radius 1 is 1.50 bits per heavy atom. The Morgan fingerprint density at radius 3 is 2.89 bits per heavy atom. The molecule has 1 unspecified atom stereocenters. The molecule has 1 aliphatic rings. The topological polar surface area (TPSA) is 55.6 Å². The molecule has 5 heteroatoms. The van der Waals surface area contributed by atoms with Crippen LogP contribution < -0.4 is 0 Å². The fraction of sp³-hybridized carbons (Fsp3) is 0.692. The minimum absolute atomic E-state index is 0.177. The zero-order valence-corrected chi connectivity index (χ0v) is 11.2. The zero-order valence-electron chi connectivity index (χ0n) is 11.2. The van der Waals surface area contributed by atoms with Gasteiger partial charge in [-0.2, -0.15) is 0 Å². The number of rotatable bonds is 3. The summed E-state index contributed by atoms with van der Waals surface area (Å²) in [6, 6.07) is 0.177. The van der Waals surface area contributed by atoms with Crippen LogP contribution in [-0.4, -0.2) is 41.8 Å². The number of morpholine rings is 1. The number of ether oxygens (including phenoxy) is 1. The molecule has 0 spiro atoms. The lowest BCUT2D eigenvalue weighted by Crippen LogP contribution is -2.47. The molecule has 2 heterocycles. The molecule has 1 aromatic heterocycles. The van der Waals surface area contributed by atoms with E-state index in [1.54, 1.807) is 0 Å². The normalized spacial score (nSPS) is 20.2. The van der Waals surface area contributed by atoms with Crippen LogP contribution in [0.15, 0.2) is 4.52 Å². The first-order valence-corrected chi connectivity index (χ1v) is 6.38. The molecular weight excluding hydrogens is 232 g/mol. The molecule has 2 rings (SSSR count). The number of aryl methyl sites for hydroxylation is 2. The van der Waals surface area contributed by atoms with Crippen molar-refractivity contribution in [1.29, 1.82) is 0 Å². The summed E-state index contributed by atoms with van der Waals surface area (Å²) in [5, 5.41) is 3.90. The summed E-state index contributed by atoms with van der Waals surface area (Å²) in [7, 11) is 0. The van der Waals surface area contributed by atoms with Crippen molar-refractivity contribution in [3.05, 3.63) is 17.0 Å². The van der Waals surface area contributed by atoms with Gasteiger partial charge in [0.2, 0.25) is 5.91 Å². The summed E-state index contributed by atoms with van der Waals surface area (Å²) in [6.07, 6.45) is 1.21. The van der Waals surface area contributed by atoms with Crippen molar-refractivity contribution in [3.8, 4) is 0 Å². The van der Waals surface area contributed by atoms with E-state index >= 15 is 0 Å². The summed E-state index contributed by atoms with van der Waals surface area (Å²) in [5.74, 6) is 1.00. The van der Waals surface area contributed by atoms with Crippen molar-refractivity contribution in [2.75, 3.05) is 19.8 Å². The molecule has 0 aliphatic carbocycles. The number of hydrogen-bond donors (Lipinski definition) is 0. The van der Waals surface area contributed by atoms with E-state index in [9.17, 15) is 4.79 Å². The van der Waals surface area contributed by atoms with E-state index < -0.39 is 0 Å². The maximum atomic E-state index is 12.1. The van der Waals surface area contributed by atoms with Crippen LogP contribution in [0.5, 0.6) is 0 Å². The molecule has 0 bridgehead atoms. The molecule has 0 aromatic carbocycles. The predicted molar refractivity (Wildman–Crippen MR) is 66.3 cm³/mol. The third-order valence-electron chi connectivity index (χ3n) is 3.46. The highest BCUT2D eigenvalue weighted by molar-refractivity contribution is 5.77. The van der Waals surface area contributed by atoms with E-state index in [2.05, 4.69) is 5.16 Å². The lowest BCUT2D eigenvalue weighted by Gasteiger charge is -2.33. The molecule has 1 fully saturated rings. The van der Waals surface area contributed by atoms with E-state index in [1.165, 1.54) is 0 Å². The summed E-state index contributed by atoms with van der Waals surface area (Å²) in [6.45, 7) is 7.79. The van der Waals surface area contributed by atoms with Gasteiger partial charge in [0, 0.05) is 18.5 Å². The molecule has 5 nitrogen and oxygen atoms in total. The third-order valence-corrected chi connectivity index (χ3v) is 3.46. The van der Waals surface area contributed by atoms with Gasteiger partial charge in [-0.3, -0.25) is 4.79 Å². The second-order valence-electron chi connectivity index (χ2n) is 4.81. The van der Waals surface area contributed by atoms with Crippen LogP contribution in [0, 0.1) is 13.8 Å². The molecule has 1 aliphatic heterocycles. The van der Waals surface area contributed by atoms with Crippen molar-refractivity contribution < 1.29 is 14.1 Å². The maximum absolute atomic E-state index is 12.1. The first kappa shape index (κ1) is 13.1. The smallest absolute Gasteiger partial charge is 0.223 e. The summed E-state index contributed by atoms with van der Waals surface area (Å²) < 4.78 is 10.4. The quantitative estimate of drug-likeness (QED) is 0.817. The van der Waals surface area contributed by atoms with Crippen molar-refractivity contribution in [1.82, 2.24) is 10.1 Å². The van der Waals surface area contributed by atoms with Gasteiger partial charge in [-0.05, 0) is 27.2 Å². The Bertz CT molecular complexity index is 408. The summed E-state index contributed by atoms with van der Waals surface area (Å²) in [5.41, 5.74) is 1.94. The molecule has 0 saturated carbocycles. The van der Waals surface area contributed by atoms with E-state index in [0.717, 1.165) is 17.0 Å². The Morgan fingerprint density at radius 2 is 2.28 bits per heavy atom. The lowest BCUT2D eigenvalue weighted by atomic mass is 10.1. The van der Waals surface area contributed by atoms with Crippen molar-refractivity contribution in [2.24, 2.45) is 0 Å². The Hall–Kier alpha value is -1.36. The fourth-order valence-electron chi connectivity index (χ4n) is 2.33. The second-order valence-corrected chi connectivity index (χ2v) is 4.81. The van der Waals surface area contributed by atoms with Gasteiger partial charge >= 0.3 is 0 Å². The summed E-state index contributed by atoms with van der Waals surface area (Å²) >= 11 is 0. The minimum Gasteiger partial charge on any atom is -0.377 e. The number of carbonyl (C=O) groups excluding carboxylic acids is 1. The van der Waals surface area contributed by atoms with Gasteiger partial charge < -0.3 is 14.2 Å². The van der Waals surface area contributed by atoms with Crippen LogP contribution >= 0.6 is 0 Å². The van der Waals surface area contributed by atoms with E-state index in [1.807, 2.05) is 25.7 Å². The van der Waals surface area contributed by atoms with Gasteiger partial charge in [-0.1, -0.05) is 5.16 Å². The van der Waals surface area contributed by atoms with Gasteiger partial charge in [-0.15, -0.1) is 0 Å². The Balaban J connectivity index is 1.92. The predicted octanol–water partition coefficient (Wildman–Crippen LogP) is 1.47. The van der Waals surface area contributed by atoms with Crippen LogP contribution in [0.2, 0.25) is 0 Å². The molecule has 1 atom stereocenters. The van der Waals surface area contributed by atoms with Crippen molar-refractivity contribution in [2.45, 2.75) is 39.7 Å². The SMILES string of the molecule is Cc1noc(C)c1CCC(=O)N1CCOCC1C.